The van der Waals surface area contributed by atoms with Gasteiger partial charge in [-0.05, 0) is 63.8 Å². The molecule has 21 heavy (non-hydrogen) atoms. The molecular weight excluding hydrogens is 263 g/mol. The van der Waals surface area contributed by atoms with Crippen molar-refractivity contribution in [2.24, 2.45) is 0 Å². The van der Waals surface area contributed by atoms with Gasteiger partial charge in [0.1, 0.15) is 5.82 Å². The normalized spacial score (nSPS) is 25.0. The van der Waals surface area contributed by atoms with Crippen molar-refractivity contribution in [3.8, 4) is 0 Å². The van der Waals surface area contributed by atoms with E-state index in [0.717, 1.165) is 24.2 Å². The minimum absolute atomic E-state index is 0.0912. The Hall–Kier alpha value is -0.930. The van der Waals surface area contributed by atoms with Crippen molar-refractivity contribution >= 4 is 0 Å². The summed E-state index contributed by atoms with van der Waals surface area (Å²) in [5, 5.41) is 3.63. The molecule has 1 aromatic carbocycles. The zero-order valence-electron chi connectivity index (χ0n) is 13.8. The fraction of sp³-hybridized carbons (Fsp3) is 0.667. The van der Waals surface area contributed by atoms with Crippen molar-refractivity contribution in [1.29, 1.82) is 0 Å². The second-order valence-electron chi connectivity index (χ2n) is 6.45. The predicted molar refractivity (Wildman–Crippen MR) is 87.0 cm³/mol. The number of nitrogens with one attached hydrogen (secondary N) is 1. The lowest BCUT2D eigenvalue weighted by molar-refractivity contribution is 0.0954. The Morgan fingerprint density at radius 2 is 2.19 bits per heavy atom. The molecule has 0 radical (unpaired) electrons. The molecule has 1 aromatic rings. The molecule has 2 rings (SSSR count). The Labute approximate surface area is 128 Å². The van der Waals surface area contributed by atoms with Crippen molar-refractivity contribution < 1.29 is 4.39 Å². The largest absolute Gasteiger partial charge is 0.314 e. The van der Waals surface area contributed by atoms with Crippen LogP contribution in [-0.2, 0) is 0 Å². The van der Waals surface area contributed by atoms with Gasteiger partial charge in [-0.1, -0.05) is 19.1 Å². The molecule has 1 heterocycles. The van der Waals surface area contributed by atoms with Crippen LogP contribution in [-0.4, -0.2) is 30.1 Å². The minimum Gasteiger partial charge on any atom is -0.314 e. The van der Waals surface area contributed by atoms with E-state index in [1.54, 1.807) is 6.07 Å². The van der Waals surface area contributed by atoms with Crippen LogP contribution in [0.3, 0.4) is 0 Å². The Morgan fingerprint density at radius 1 is 1.43 bits per heavy atom. The molecule has 1 aliphatic heterocycles. The maximum Gasteiger partial charge on any atom is 0.126 e. The topological polar surface area (TPSA) is 15.3 Å². The molecule has 1 N–H and O–H groups in total. The summed E-state index contributed by atoms with van der Waals surface area (Å²) in [6.45, 7) is 10.7. The first kappa shape index (κ1) is 16.4. The third kappa shape index (κ3) is 4.04. The molecule has 118 valence electrons. The van der Waals surface area contributed by atoms with E-state index in [2.05, 4.69) is 37.1 Å². The van der Waals surface area contributed by atoms with E-state index in [1.807, 2.05) is 13.0 Å². The van der Waals surface area contributed by atoms with Gasteiger partial charge in [-0.2, -0.15) is 0 Å². The van der Waals surface area contributed by atoms with Crippen molar-refractivity contribution in [2.45, 2.75) is 65.1 Å². The number of piperidine rings is 1. The summed E-state index contributed by atoms with van der Waals surface area (Å²) in [6.07, 6.45) is 3.55. The number of hydrogen-bond donors (Lipinski definition) is 1. The molecule has 3 heteroatoms. The lowest BCUT2D eigenvalue weighted by atomic mass is 9.94. The van der Waals surface area contributed by atoms with Crippen molar-refractivity contribution in [3.63, 3.8) is 0 Å². The number of rotatable bonds is 5. The highest BCUT2D eigenvalue weighted by molar-refractivity contribution is 5.25. The number of hydrogen-bond acceptors (Lipinski definition) is 2. The molecule has 1 aliphatic rings. The van der Waals surface area contributed by atoms with Crippen LogP contribution in [0.1, 0.15) is 57.2 Å². The van der Waals surface area contributed by atoms with Gasteiger partial charge in [0, 0.05) is 24.7 Å². The first-order valence-electron chi connectivity index (χ1n) is 8.28. The summed E-state index contributed by atoms with van der Waals surface area (Å²) in [4.78, 5) is 2.51. The van der Waals surface area contributed by atoms with E-state index < -0.39 is 0 Å². The van der Waals surface area contributed by atoms with Crippen molar-refractivity contribution in [2.75, 3.05) is 13.1 Å². The Kier molecular flexibility index (Phi) is 5.77. The third-order valence-corrected chi connectivity index (χ3v) is 4.79. The summed E-state index contributed by atoms with van der Waals surface area (Å²) in [5.74, 6) is -0.0912. The van der Waals surface area contributed by atoms with E-state index in [1.165, 1.54) is 19.3 Å². The van der Waals surface area contributed by atoms with E-state index in [9.17, 15) is 4.39 Å². The summed E-state index contributed by atoms with van der Waals surface area (Å²) < 4.78 is 13.8. The van der Waals surface area contributed by atoms with Gasteiger partial charge in [0.25, 0.3) is 0 Å². The van der Waals surface area contributed by atoms with Crippen LogP contribution in [0.5, 0.6) is 0 Å². The van der Waals surface area contributed by atoms with Crippen LogP contribution < -0.4 is 5.32 Å². The average Bonchev–Trinajstić information content (AvgIpc) is 2.47. The zero-order valence-corrected chi connectivity index (χ0v) is 13.8. The number of halogens is 1. The predicted octanol–water partition coefficient (Wildman–Crippen LogP) is 4.05. The lowest BCUT2D eigenvalue weighted by Crippen LogP contribution is -2.48. The number of nitrogens with zero attached hydrogens (tertiary/aromatic N) is 1. The smallest absolute Gasteiger partial charge is 0.126 e. The molecule has 0 aliphatic carbocycles. The molecule has 1 saturated heterocycles. The quantitative estimate of drug-likeness (QED) is 0.881. The Bertz CT molecular complexity index is 461. The lowest BCUT2D eigenvalue weighted by Gasteiger charge is -2.41. The van der Waals surface area contributed by atoms with Crippen LogP contribution in [0.2, 0.25) is 0 Å². The average molecular weight is 292 g/mol. The molecular formula is C18H29FN2. The van der Waals surface area contributed by atoms with Crippen LogP contribution in [0.4, 0.5) is 4.39 Å². The Morgan fingerprint density at radius 3 is 2.81 bits per heavy atom. The summed E-state index contributed by atoms with van der Waals surface area (Å²) in [5.41, 5.74) is 1.81. The first-order chi connectivity index (χ1) is 10.0. The highest BCUT2D eigenvalue weighted by atomic mass is 19.1. The standard InChI is InChI=1S/C18H29FN2/c1-5-9-20-17-8-10-21(14(3)11-17)15(4)16-7-6-13(2)18(19)12-16/h6-7,12,14-15,17,20H,5,8-11H2,1-4H3. The summed E-state index contributed by atoms with van der Waals surface area (Å²) in [6, 6.07) is 7.11. The molecule has 3 atom stereocenters. The fourth-order valence-electron chi connectivity index (χ4n) is 3.36. The summed E-state index contributed by atoms with van der Waals surface area (Å²) >= 11 is 0. The Balaban J connectivity index is 2.00. The van der Waals surface area contributed by atoms with Gasteiger partial charge < -0.3 is 5.32 Å². The fourth-order valence-corrected chi connectivity index (χ4v) is 3.36. The molecule has 0 amide bonds. The monoisotopic (exact) mass is 292 g/mol. The van der Waals surface area contributed by atoms with Gasteiger partial charge in [-0.25, -0.2) is 4.39 Å². The first-order valence-corrected chi connectivity index (χ1v) is 8.28. The van der Waals surface area contributed by atoms with Crippen LogP contribution in [0, 0.1) is 12.7 Å². The van der Waals surface area contributed by atoms with Gasteiger partial charge in [0.15, 0.2) is 0 Å². The number of aryl methyl sites for hydroxylation is 1. The molecule has 0 saturated carbocycles. The van der Waals surface area contributed by atoms with Gasteiger partial charge in [0.05, 0.1) is 0 Å². The van der Waals surface area contributed by atoms with Crippen molar-refractivity contribution in [1.82, 2.24) is 10.2 Å². The van der Waals surface area contributed by atoms with E-state index in [-0.39, 0.29) is 11.9 Å². The van der Waals surface area contributed by atoms with Gasteiger partial charge >= 0.3 is 0 Å². The molecule has 2 nitrogen and oxygen atoms in total. The van der Waals surface area contributed by atoms with Gasteiger partial charge in [-0.15, -0.1) is 0 Å². The van der Waals surface area contributed by atoms with Gasteiger partial charge in [0.2, 0.25) is 0 Å². The number of benzene rings is 1. The van der Waals surface area contributed by atoms with Crippen LogP contribution in [0.25, 0.3) is 0 Å². The zero-order chi connectivity index (χ0) is 15.4. The molecule has 3 unspecified atom stereocenters. The maximum atomic E-state index is 13.8. The van der Waals surface area contributed by atoms with E-state index in [0.29, 0.717) is 12.1 Å². The maximum absolute atomic E-state index is 13.8. The van der Waals surface area contributed by atoms with Crippen LogP contribution in [0.15, 0.2) is 18.2 Å². The summed E-state index contributed by atoms with van der Waals surface area (Å²) in [7, 11) is 0. The highest BCUT2D eigenvalue weighted by Gasteiger charge is 2.28. The third-order valence-electron chi connectivity index (χ3n) is 4.79. The van der Waals surface area contributed by atoms with E-state index >= 15 is 0 Å². The number of likely N-dealkylation sites (tertiary alicyclic amines) is 1. The second-order valence-corrected chi connectivity index (χ2v) is 6.45. The molecule has 0 spiro atoms. The highest BCUT2D eigenvalue weighted by Crippen LogP contribution is 2.29. The molecule has 0 aromatic heterocycles. The SMILES string of the molecule is CCCNC1CCN(C(C)c2ccc(C)c(F)c2)C(C)C1. The minimum atomic E-state index is -0.0912. The second kappa shape index (κ2) is 7.37. The molecule has 0 bridgehead atoms. The van der Waals surface area contributed by atoms with Gasteiger partial charge in [-0.3, -0.25) is 4.90 Å². The van der Waals surface area contributed by atoms with Crippen LogP contribution >= 0.6 is 0 Å². The van der Waals surface area contributed by atoms with Crippen molar-refractivity contribution in [3.05, 3.63) is 35.1 Å². The molecule has 1 fully saturated rings. The van der Waals surface area contributed by atoms with E-state index in [4.69, 9.17) is 0 Å².